The van der Waals surface area contributed by atoms with E-state index in [-0.39, 0.29) is 5.91 Å². The highest BCUT2D eigenvalue weighted by Gasteiger charge is 2.23. The predicted molar refractivity (Wildman–Crippen MR) is 67.0 cm³/mol. The maximum absolute atomic E-state index is 12.3. The van der Waals surface area contributed by atoms with Gasteiger partial charge in [0.15, 0.2) is 0 Å². The Morgan fingerprint density at radius 3 is 3.06 bits per heavy atom. The van der Waals surface area contributed by atoms with Crippen LogP contribution in [0.15, 0.2) is 36.0 Å². The fourth-order valence-electron chi connectivity index (χ4n) is 2.13. The molecule has 0 N–H and O–H groups in total. The van der Waals surface area contributed by atoms with Crippen molar-refractivity contribution in [2.45, 2.75) is 13.0 Å². The van der Waals surface area contributed by atoms with Gasteiger partial charge < -0.3 is 4.90 Å². The Hall–Kier alpha value is -1.68. The summed E-state index contributed by atoms with van der Waals surface area (Å²) in [7, 11) is 0. The zero-order valence-corrected chi connectivity index (χ0v) is 10.1. The van der Waals surface area contributed by atoms with Crippen LogP contribution in [0, 0.1) is 0 Å². The largest absolute Gasteiger partial charge is 0.333 e. The maximum Gasteiger partial charge on any atom is 0.254 e. The molecule has 0 aliphatic carbocycles. The smallest absolute Gasteiger partial charge is 0.254 e. The number of amides is 1. The summed E-state index contributed by atoms with van der Waals surface area (Å²) >= 11 is 1.59. The van der Waals surface area contributed by atoms with Gasteiger partial charge in [-0.25, -0.2) is 0 Å². The number of aromatic nitrogens is 1. The monoisotopic (exact) mass is 244 g/mol. The molecule has 2 heterocycles. The highest BCUT2D eigenvalue weighted by atomic mass is 32.1. The molecule has 1 aromatic carbocycles. The maximum atomic E-state index is 12.3. The molecular weight excluding hydrogens is 232 g/mol. The topological polar surface area (TPSA) is 33.2 Å². The fourth-order valence-corrected chi connectivity index (χ4v) is 2.74. The summed E-state index contributed by atoms with van der Waals surface area (Å²) in [6.07, 6.45) is 2.78. The first-order chi connectivity index (χ1) is 8.34. The van der Waals surface area contributed by atoms with Gasteiger partial charge in [-0.3, -0.25) is 9.78 Å². The standard InChI is InChI=1S/C13H12N2OS/c16-13-12-4-2-1-3-10(12)5-6-15(13)8-11-7-14-9-17-11/h1-4,7,9H,5-6,8H2. The lowest BCUT2D eigenvalue weighted by molar-refractivity contribution is 0.0728. The highest BCUT2D eigenvalue weighted by Crippen LogP contribution is 2.21. The summed E-state index contributed by atoms with van der Waals surface area (Å²) in [5.41, 5.74) is 3.82. The van der Waals surface area contributed by atoms with Crippen molar-refractivity contribution >= 4 is 17.2 Å². The molecule has 0 atom stereocenters. The number of hydrogen-bond donors (Lipinski definition) is 0. The van der Waals surface area contributed by atoms with Crippen LogP contribution < -0.4 is 0 Å². The van der Waals surface area contributed by atoms with Crippen LogP contribution >= 0.6 is 11.3 Å². The van der Waals surface area contributed by atoms with Crippen LogP contribution in [0.4, 0.5) is 0 Å². The Balaban J connectivity index is 1.84. The molecule has 3 nitrogen and oxygen atoms in total. The molecule has 1 amide bonds. The molecule has 0 spiro atoms. The van der Waals surface area contributed by atoms with E-state index in [0.717, 1.165) is 29.0 Å². The van der Waals surface area contributed by atoms with Crippen molar-refractivity contribution in [1.82, 2.24) is 9.88 Å². The van der Waals surface area contributed by atoms with Crippen molar-refractivity contribution < 1.29 is 4.79 Å². The molecule has 0 unspecified atom stereocenters. The fraction of sp³-hybridized carbons (Fsp3) is 0.231. The van der Waals surface area contributed by atoms with Crippen LogP contribution in [-0.4, -0.2) is 22.3 Å². The number of rotatable bonds is 2. The van der Waals surface area contributed by atoms with Crippen LogP contribution in [0.1, 0.15) is 20.8 Å². The van der Waals surface area contributed by atoms with Gasteiger partial charge in [-0.05, 0) is 18.1 Å². The second-order valence-corrected chi connectivity index (χ2v) is 5.07. The zero-order valence-electron chi connectivity index (χ0n) is 9.30. The lowest BCUT2D eigenvalue weighted by Crippen LogP contribution is -2.36. The molecule has 1 aliphatic heterocycles. The molecular formula is C13H12N2OS. The number of benzene rings is 1. The molecule has 0 fully saturated rings. The van der Waals surface area contributed by atoms with Gasteiger partial charge in [0.1, 0.15) is 0 Å². The van der Waals surface area contributed by atoms with Crippen molar-refractivity contribution in [3.63, 3.8) is 0 Å². The van der Waals surface area contributed by atoms with Crippen LogP contribution in [0.2, 0.25) is 0 Å². The summed E-state index contributed by atoms with van der Waals surface area (Å²) in [6.45, 7) is 1.48. The van der Waals surface area contributed by atoms with E-state index < -0.39 is 0 Å². The number of carbonyl (C=O) groups excluding carboxylic acids is 1. The number of carbonyl (C=O) groups is 1. The minimum Gasteiger partial charge on any atom is -0.333 e. The van der Waals surface area contributed by atoms with Crippen molar-refractivity contribution in [2.24, 2.45) is 0 Å². The average molecular weight is 244 g/mol. The van der Waals surface area contributed by atoms with Gasteiger partial charge in [0.2, 0.25) is 0 Å². The van der Waals surface area contributed by atoms with E-state index in [9.17, 15) is 4.79 Å². The molecule has 17 heavy (non-hydrogen) atoms. The summed E-state index contributed by atoms with van der Waals surface area (Å²) in [5, 5.41) is 0. The summed E-state index contributed by atoms with van der Waals surface area (Å²) in [4.78, 5) is 19.3. The molecule has 3 rings (SSSR count). The van der Waals surface area contributed by atoms with Crippen LogP contribution in [0.3, 0.4) is 0 Å². The van der Waals surface area contributed by atoms with Gasteiger partial charge >= 0.3 is 0 Å². The Bertz CT molecular complexity index is 536. The first kappa shape index (κ1) is 10.5. The van der Waals surface area contributed by atoms with E-state index in [1.165, 1.54) is 0 Å². The van der Waals surface area contributed by atoms with Gasteiger partial charge in [-0.15, -0.1) is 11.3 Å². The van der Waals surface area contributed by atoms with Crippen molar-refractivity contribution in [1.29, 1.82) is 0 Å². The number of nitrogens with zero attached hydrogens (tertiary/aromatic N) is 2. The van der Waals surface area contributed by atoms with Crippen molar-refractivity contribution in [3.05, 3.63) is 52.0 Å². The Morgan fingerprint density at radius 1 is 1.35 bits per heavy atom. The van der Waals surface area contributed by atoms with E-state index in [2.05, 4.69) is 4.98 Å². The predicted octanol–water partition coefficient (Wildman–Crippen LogP) is 2.34. The van der Waals surface area contributed by atoms with Gasteiger partial charge in [0, 0.05) is 23.2 Å². The summed E-state index contributed by atoms with van der Waals surface area (Å²) in [5.74, 6) is 0.139. The van der Waals surface area contributed by atoms with E-state index in [0.29, 0.717) is 6.54 Å². The van der Waals surface area contributed by atoms with Gasteiger partial charge in [0.05, 0.1) is 12.1 Å². The van der Waals surface area contributed by atoms with Crippen LogP contribution in [0.5, 0.6) is 0 Å². The minimum absolute atomic E-state index is 0.139. The van der Waals surface area contributed by atoms with E-state index in [4.69, 9.17) is 0 Å². The molecule has 4 heteroatoms. The molecule has 0 saturated heterocycles. The Kier molecular flexibility index (Phi) is 2.65. The molecule has 2 aromatic rings. The van der Waals surface area contributed by atoms with E-state index >= 15 is 0 Å². The molecule has 1 aromatic heterocycles. The lowest BCUT2D eigenvalue weighted by atomic mass is 9.99. The lowest BCUT2D eigenvalue weighted by Gasteiger charge is -2.27. The zero-order chi connectivity index (χ0) is 11.7. The third-order valence-corrected chi connectivity index (χ3v) is 3.78. The molecule has 0 radical (unpaired) electrons. The number of hydrogen-bond acceptors (Lipinski definition) is 3. The SMILES string of the molecule is O=C1c2ccccc2CCN1Cc1cncs1. The molecule has 1 aliphatic rings. The normalized spacial score (nSPS) is 14.8. The van der Waals surface area contributed by atoms with Crippen molar-refractivity contribution in [2.75, 3.05) is 6.54 Å². The van der Waals surface area contributed by atoms with E-state index in [1.54, 1.807) is 16.8 Å². The van der Waals surface area contributed by atoms with Crippen LogP contribution in [0.25, 0.3) is 0 Å². The van der Waals surface area contributed by atoms with E-state index in [1.807, 2.05) is 35.4 Å². The van der Waals surface area contributed by atoms with Gasteiger partial charge in [-0.2, -0.15) is 0 Å². The Labute approximate surface area is 104 Å². The van der Waals surface area contributed by atoms with Crippen molar-refractivity contribution in [3.8, 4) is 0 Å². The first-order valence-electron chi connectivity index (χ1n) is 5.59. The second kappa shape index (κ2) is 4.30. The number of thiazole rings is 1. The summed E-state index contributed by atoms with van der Waals surface area (Å²) in [6, 6.07) is 7.87. The molecule has 0 saturated carbocycles. The first-order valence-corrected chi connectivity index (χ1v) is 6.47. The number of fused-ring (bicyclic) bond motifs is 1. The van der Waals surface area contributed by atoms with Gasteiger partial charge in [-0.1, -0.05) is 18.2 Å². The average Bonchev–Trinajstić information content (AvgIpc) is 2.86. The second-order valence-electron chi connectivity index (χ2n) is 4.10. The third kappa shape index (κ3) is 1.96. The molecule has 0 bridgehead atoms. The van der Waals surface area contributed by atoms with Crippen LogP contribution in [-0.2, 0) is 13.0 Å². The summed E-state index contributed by atoms with van der Waals surface area (Å²) < 4.78 is 0. The molecule has 86 valence electrons. The minimum atomic E-state index is 0.139. The highest BCUT2D eigenvalue weighted by molar-refractivity contribution is 7.09. The third-order valence-electron chi connectivity index (χ3n) is 3.02. The Morgan fingerprint density at radius 2 is 2.24 bits per heavy atom. The quantitative estimate of drug-likeness (QED) is 0.812. The van der Waals surface area contributed by atoms with Gasteiger partial charge in [0.25, 0.3) is 5.91 Å².